The van der Waals surface area contributed by atoms with Crippen LogP contribution in [-0.4, -0.2) is 12.3 Å². The van der Waals surface area contributed by atoms with Crippen molar-refractivity contribution < 1.29 is 31.4 Å². The van der Waals surface area contributed by atoms with E-state index >= 15 is 0 Å². The molecule has 0 heterocycles. The first-order valence-electron chi connectivity index (χ1n) is 10.7. The van der Waals surface area contributed by atoms with Crippen molar-refractivity contribution in [2.24, 2.45) is 0 Å². The SMILES string of the molecule is CC(C)Oc1ccc(C(CCCc2ccc(F)c(Oc3ccccc3)c2)C(F)(F)F)cc1F. The van der Waals surface area contributed by atoms with E-state index in [1.165, 1.54) is 30.3 Å². The summed E-state index contributed by atoms with van der Waals surface area (Å²) in [7, 11) is 0. The maximum absolute atomic E-state index is 14.3. The summed E-state index contributed by atoms with van der Waals surface area (Å²) in [4.78, 5) is 0. The molecule has 0 bridgehead atoms. The van der Waals surface area contributed by atoms with Crippen LogP contribution in [0, 0.1) is 11.6 Å². The summed E-state index contributed by atoms with van der Waals surface area (Å²) in [6.07, 6.45) is -4.60. The molecule has 2 nitrogen and oxygen atoms in total. The number of para-hydroxylation sites is 1. The minimum absolute atomic E-state index is 0.00823. The van der Waals surface area contributed by atoms with Crippen molar-refractivity contribution >= 4 is 0 Å². The van der Waals surface area contributed by atoms with Crippen LogP contribution in [0.25, 0.3) is 0 Å². The van der Waals surface area contributed by atoms with Crippen LogP contribution in [-0.2, 0) is 6.42 Å². The Morgan fingerprint density at radius 1 is 0.818 bits per heavy atom. The van der Waals surface area contributed by atoms with Crippen molar-refractivity contribution in [3.8, 4) is 17.2 Å². The first-order valence-corrected chi connectivity index (χ1v) is 10.7. The van der Waals surface area contributed by atoms with Gasteiger partial charge < -0.3 is 9.47 Å². The van der Waals surface area contributed by atoms with Gasteiger partial charge in [-0.3, -0.25) is 0 Å². The maximum Gasteiger partial charge on any atom is 0.395 e. The summed E-state index contributed by atoms with van der Waals surface area (Å²) in [5.41, 5.74) is 0.499. The predicted molar refractivity (Wildman–Crippen MR) is 117 cm³/mol. The Morgan fingerprint density at radius 2 is 1.55 bits per heavy atom. The van der Waals surface area contributed by atoms with Crippen molar-refractivity contribution in [2.45, 2.75) is 51.3 Å². The number of rotatable bonds is 9. The van der Waals surface area contributed by atoms with Crippen molar-refractivity contribution in [1.29, 1.82) is 0 Å². The number of benzene rings is 3. The fourth-order valence-corrected chi connectivity index (χ4v) is 3.51. The zero-order chi connectivity index (χ0) is 24.0. The van der Waals surface area contributed by atoms with Gasteiger partial charge in [0.05, 0.1) is 12.0 Å². The molecule has 176 valence electrons. The molecule has 1 unspecified atom stereocenters. The maximum atomic E-state index is 14.3. The normalized spacial score (nSPS) is 12.6. The molecular formula is C26H25F5O2. The Hall–Kier alpha value is -3.09. The van der Waals surface area contributed by atoms with Crippen molar-refractivity contribution in [3.05, 3.63) is 89.5 Å². The summed E-state index contributed by atoms with van der Waals surface area (Å²) in [5, 5.41) is 0. The zero-order valence-corrected chi connectivity index (χ0v) is 18.3. The second-order valence-corrected chi connectivity index (χ2v) is 8.02. The fraction of sp³-hybridized carbons (Fsp3) is 0.308. The smallest absolute Gasteiger partial charge is 0.395 e. The van der Waals surface area contributed by atoms with Crippen LogP contribution < -0.4 is 9.47 Å². The molecule has 3 rings (SSSR count). The first kappa shape index (κ1) is 24.6. The lowest BCUT2D eigenvalue weighted by Gasteiger charge is -2.21. The van der Waals surface area contributed by atoms with Crippen LogP contribution in [0.5, 0.6) is 17.2 Å². The number of hydrogen-bond donors (Lipinski definition) is 0. The highest BCUT2D eigenvalue weighted by Crippen LogP contribution is 2.40. The average molecular weight is 464 g/mol. The number of alkyl halides is 3. The van der Waals surface area contributed by atoms with Crippen molar-refractivity contribution in [2.75, 3.05) is 0 Å². The minimum Gasteiger partial charge on any atom is -0.488 e. The van der Waals surface area contributed by atoms with Crippen LogP contribution in [0.1, 0.15) is 43.7 Å². The summed E-state index contributed by atoms with van der Waals surface area (Å²) in [6, 6.07) is 16.3. The second-order valence-electron chi connectivity index (χ2n) is 8.02. The van der Waals surface area contributed by atoms with E-state index < -0.39 is 23.7 Å². The monoisotopic (exact) mass is 464 g/mol. The predicted octanol–water partition coefficient (Wildman–Crippen LogP) is 8.21. The summed E-state index contributed by atoms with van der Waals surface area (Å²) < 4.78 is 80.3. The van der Waals surface area contributed by atoms with E-state index in [0.29, 0.717) is 11.3 Å². The molecule has 1 atom stereocenters. The van der Waals surface area contributed by atoms with E-state index in [2.05, 4.69) is 0 Å². The van der Waals surface area contributed by atoms with Gasteiger partial charge >= 0.3 is 6.18 Å². The van der Waals surface area contributed by atoms with Crippen LogP contribution in [0.2, 0.25) is 0 Å². The van der Waals surface area contributed by atoms with Crippen LogP contribution in [0.4, 0.5) is 22.0 Å². The average Bonchev–Trinajstić information content (AvgIpc) is 2.74. The van der Waals surface area contributed by atoms with E-state index in [1.807, 2.05) is 0 Å². The van der Waals surface area contributed by atoms with Gasteiger partial charge in [-0.05, 0) is 80.6 Å². The van der Waals surface area contributed by atoms with E-state index in [1.54, 1.807) is 44.2 Å². The molecule has 0 saturated carbocycles. The lowest BCUT2D eigenvalue weighted by molar-refractivity contribution is -0.152. The lowest BCUT2D eigenvalue weighted by Crippen LogP contribution is -2.21. The first-order chi connectivity index (χ1) is 15.6. The molecule has 0 fully saturated rings. The molecule has 0 radical (unpaired) electrons. The van der Waals surface area contributed by atoms with Gasteiger partial charge in [0.15, 0.2) is 23.1 Å². The number of halogens is 5. The Bertz CT molecular complexity index is 1050. The topological polar surface area (TPSA) is 18.5 Å². The largest absolute Gasteiger partial charge is 0.488 e. The minimum atomic E-state index is -4.53. The van der Waals surface area contributed by atoms with E-state index in [-0.39, 0.29) is 42.4 Å². The van der Waals surface area contributed by atoms with E-state index in [4.69, 9.17) is 9.47 Å². The van der Waals surface area contributed by atoms with Crippen LogP contribution >= 0.6 is 0 Å². The molecule has 0 saturated heterocycles. The Kier molecular flexibility index (Phi) is 7.95. The van der Waals surface area contributed by atoms with Crippen molar-refractivity contribution in [3.63, 3.8) is 0 Å². The molecule has 0 aliphatic carbocycles. The lowest BCUT2D eigenvalue weighted by atomic mass is 9.91. The molecule has 0 N–H and O–H groups in total. The third-order valence-electron chi connectivity index (χ3n) is 5.04. The molecular weight excluding hydrogens is 439 g/mol. The van der Waals surface area contributed by atoms with Gasteiger partial charge in [-0.2, -0.15) is 13.2 Å². The standard InChI is InChI=1S/C26H25F5O2/c1-17(2)32-24-14-12-19(16-23(24)28)21(26(29,30)31)10-6-7-18-11-13-22(27)25(15-18)33-20-8-4-3-5-9-20/h3-5,8-9,11-17,21H,6-7,10H2,1-2H3. The summed E-state index contributed by atoms with van der Waals surface area (Å²) in [6.45, 7) is 3.41. The van der Waals surface area contributed by atoms with Gasteiger partial charge in [-0.15, -0.1) is 0 Å². The van der Waals surface area contributed by atoms with Crippen LogP contribution in [0.3, 0.4) is 0 Å². The Balaban J connectivity index is 1.69. The van der Waals surface area contributed by atoms with Crippen LogP contribution in [0.15, 0.2) is 66.7 Å². The quantitative estimate of drug-likeness (QED) is 0.297. The van der Waals surface area contributed by atoms with Gasteiger partial charge in [-0.1, -0.05) is 30.3 Å². The molecule has 33 heavy (non-hydrogen) atoms. The van der Waals surface area contributed by atoms with Gasteiger partial charge in [0.1, 0.15) is 5.75 Å². The number of ether oxygens (including phenoxy) is 2. The molecule has 3 aromatic rings. The highest BCUT2D eigenvalue weighted by Gasteiger charge is 2.40. The third-order valence-corrected chi connectivity index (χ3v) is 5.04. The van der Waals surface area contributed by atoms with E-state index in [9.17, 15) is 22.0 Å². The van der Waals surface area contributed by atoms with E-state index in [0.717, 1.165) is 6.07 Å². The Labute approximate surface area is 190 Å². The van der Waals surface area contributed by atoms with Gasteiger partial charge in [0.25, 0.3) is 0 Å². The van der Waals surface area contributed by atoms with Gasteiger partial charge in [0, 0.05) is 0 Å². The molecule has 0 aliphatic rings. The second kappa shape index (κ2) is 10.7. The third kappa shape index (κ3) is 6.94. The molecule has 0 aliphatic heterocycles. The summed E-state index contributed by atoms with van der Waals surface area (Å²) >= 11 is 0. The number of aryl methyl sites for hydroxylation is 1. The Morgan fingerprint density at radius 3 is 2.18 bits per heavy atom. The number of hydrogen-bond acceptors (Lipinski definition) is 2. The fourth-order valence-electron chi connectivity index (χ4n) is 3.51. The zero-order valence-electron chi connectivity index (χ0n) is 18.3. The molecule has 0 amide bonds. The van der Waals surface area contributed by atoms with Gasteiger partial charge in [0.2, 0.25) is 0 Å². The molecule has 0 spiro atoms. The molecule has 0 aromatic heterocycles. The van der Waals surface area contributed by atoms with Crippen molar-refractivity contribution in [1.82, 2.24) is 0 Å². The molecule has 7 heteroatoms. The highest BCUT2D eigenvalue weighted by atomic mass is 19.4. The van der Waals surface area contributed by atoms with Gasteiger partial charge in [-0.25, -0.2) is 8.78 Å². The summed E-state index contributed by atoms with van der Waals surface area (Å²) in [5.74, 6) is -2.81. The molecule has 3 aromatic carbocycles. The highest BCUT2D eigenvalue weighted by molar-refractivity contribution is 5.35.